The molecular weight excluding hydrogens is 318 g/mol. The highest BCUT2D eigenvalue weighted by molar-refractivity contribution is 6.16. The zero-order chi connectivity index (χ0) is 19.8. The van der Waals surface area contributed by atoms with Gasteiger partial charge in [0.05, 0.1) is 11.3 Å². The summed E-state index contributed by atoms with van der Waals surface area (Å²) in [5, 5.41) is 9.37. The molecule has 138 valence electrons. The molecule has 1 heterocycles. The van der Waals surface area contributed by atoms with E-state index in [0.29, 0.717) is 29.2 Å². The standard InChI is InChI=1S/C13H17N7O.2C2H6/c1-8-4-18-12(20-7-21)3-11(8)17-5-10(9(2)15)13(16)19-6-14;2*1-2/h3-7H,15H2,1-2H3,(H3,14,16,19)(H,18,20,21);2*1-2H3/b10-9+,17-5?;;. The lowest BCUT2D eigenvalue weighted by atomic mass is 10.2. The van der Waals surface area contributed by atoms with Gasteiger partial charge in [-0.05, 0) is 19.4 Å². The molecule has 8 nitrogen and oxygen atoms in total. The number of nitrogens with zero attached hydrogens (tertiary/aromatic N) is 3. The van der Waals surface area contributed by atoms with Crippen LogP contribution in [0.1, 0.15) is 40.2 Å². The SMILES string of the molecule is C/C(N)=C(/C=Nc1cc(NC=O)ncc1C)C(N)=NC=N.CC.CC. The van der Waals surface area contributed by atoms with Gasteiger partial charge in [-0.3, -0.25) is 15.2 Å². The first-order valence-electron chi connectivity index (χ1n) is 7.99. The third-order valence-corrected chi connectivity index (χ3v) is 2.52. The third-order valence-electron chi connectivity index (χ3n) is 2.52. The van der Waals surface area contributed by atoms with Gasteiger partial charge in [0.1, 0.15) is 18.0 Å². The molecule has 1 aromatic heterocycles. The Morgan fingerprint density at radius 1 is 1.28 bits per heavy atom. The summed E-state index contributed by atoms with van der Waals surface area (Å²) in [7, 11) is 0. The number of carbonyl (C=O) groups is 1. The Morgan fingerprint density at radius 3 is 2.36 bits per heavy atom. The van der Waals surface area contributed by atoms with Gasteiger partial charge in [0.25, 0.3) is 0 Å². The molecule has 6 N–H and O–H groups in total. The summed E-state index contributed by atoms with van der Waals surface area (Å²) in [6, 6.07) is 1.62. The quantitative estimate of drug-likeness (QED) is 0.356. The molecule has 0 spiro atoms. The number of carbonyl (C=O) groups excluding carboxylic acids is 1. The number of aliphatic imine (C=N–C) groups is 2. The van der Waals surface area contributed by atoms with Gasteiger partial charge < -0.3 is 16.8 Å². The number of nitrogens with two attached hydrogens (primary N) is 2. The van der Waals surface area contributed by atoms with E-state index in [0.717, 1.165) is 11.9 Å². The van der Waals surface area contributed by atoms with Crippen LogP contribution in [0.25, 0.3) is 0 Å². The van der Waals surface area contributed by atoms with Crippen LogP contribution in [-0.4, -0.2) is 29.8 Å². The number of anilines is 1. The van der Waals surface area contributed by atoms with Crippen LogP contribution in [-0.2, 0) is 4.79 Å². The van der Waals surface area contributed by atoms with Crippen molar-refractivity contribution >= 4 is 36.3 Å². The Kier molecular flexibility index (Phi) is 14.1. The van der Waals surface area contributed by atoms with Crippen LogP contribution in [0.15, 0.2) is 33.5 Å². The van der Waals surface area contributed by atoms with E-state index in [1.807, 2.05) is 34.6 Å². The fraction of sp³-hybridized carbons (Fsp3) is 0.353. The van der Waals surface area contributed by atoms with Crippen LogP contribution in [0.3, 0.4) is 0 Å². The van der Waals surface area contributed by atoms with Crippen LogP contribution in [0.5, 0.6) is 0 Å². The van der Waals surface area contributed by atoms with Crippen LogP contribution in [0, 0.1) is 12.3 Å². The van der Waals surface area contributed by atoms with Crippen LogP contribution >= 0.6 is 0 Å². The number of rotatable bonds is 6. The minimum Gasteiger partial charge on any atom is -0.402 e. The molecule has 0 bridgehead atoms. The van der Waals surface area contributed by atoms with Crippen molar-refractivity contribution in [1.29, 1.82) is 5.41 Å². The zero-order valence-corrected chi connectivity index (χ0v) is 15.8. The molecular formula is C17H29N7O. The van der Waals surface area contributed by atoms with E-state index in [4.69, 9.17) is 16.9 Å². The normalized spacial score (nSPS) is 11.4. The second-order valence-electron chi connectivity index (χ2n) is 4.12. The molecule has 1 rings (SSSR count). The van der Waals surface area contributed by atoms with Gasteiger partial charge in [-0.1, -0.05) is 27.7 Å². The first-order valence-corrected chi connectivity index (χ1v) is 7.99. The highest BCUT2D eigenvalue weighted by atomic mass is 16.1. The lowest BCUT2D eigenvalue weighted by Gasteiger charge is -2.05. The highest BCUT2D eigenvalue weighted by Gasteiger charge is 2.04. The average molecular weight is 347 g/mol. The number of allylic oxidation sites excluding steroid dienone is 1. The lowest BCUT2D eigenvalue weighted by molar-refractivity contribution is -0.105. The number of pyridine rings is 1. The molecule has 0 saturated carbocycles. The van der Waals surface area contributed by atoms with E-state index in [-0.39, 0.29) is 5.84 Å². The number of aromatic nitrogens is 1. The van der Waals surface area contributed by atoms with Crippen LogP contribution in [0.4, 0.5) is 11.5 Å². The Morgan fingerprint density at radius 2 is 1.88 bits per heavy atom. The summed E-state index contributed by atoms with van der Waals surface area (Å²) < 4.78 is 0. The molecule has 1 amide bonds. The van der Waals surface area contributed by atoms with Crippen molar-refractivity contribution in [1.82, 2.24) is 4.98 Å². The van der Waals surface area contributed by atoms with Crippen molar-refractivity contribution in [2.45, 2.75) is 41.5 Å². The molecule has 0 unspecified atom stereocenters. The second kappa shape index (κ2) is 14.6. The zero-order valence-electron chi connectivity index (χ0n) is 15.8. The topological polar surface area (TPSA) is 143 Å². The van der Waals surface area contributed by atoms with Gasteiger partial charge >= 0.3 is 0 Å². The summed E-state index contributed by atoms with van der Waals surface area (Å²) in [6.45, 7) is 11.5. The van der Waals surface area contributed by atoms with Crippen LogP contribution < -0.4 is 16.8 Å². The molecule has 0 aliphatic heterocycles. The van der Waals surface area contributed by atoms with Crippen molar-refractivity contribution in [3.63, 3.8) is 0 Å². The molecule has 0 saturated heterocycles. The number of hydrogen-bond acceptors (Lipinski definition) is 5. The molecule has 1 aromatic rings. The summed E-state index contributed by atoms with van der Waals surface area (Å²) in [4.78, 5) is 22.4. The molecule has 0 aliphatic rings. The van der Waals surface area contributed by atoms with E-state index in [1.165, 1.54) is 6.21 Å². The number of amidine groups is 1. The van der Waals surface area contributed by atoms with Crippen molar-refractivity contribution < 1.29 is 4.79 Å². The molecule has 0 aliphatic carbocycles. The molecule has 25 heavy (non-hydrogen) atoms. The molecule has 8 heteroatoms. The average Bonchev–Trinajstić information content (AvgIpc) is 2.61. The Labute approximate surface area is 149 Å². The van der Waals surface area contributed by atoms with Crippen LogP contribution in [0.2, 0.25) is 0 Å². The lowest BCUT2D eigenvalue weighted by Crippen LogP contribution is -2.19. The Bertz CT molecular complexity index is 630. The number of amides is 1. The monoisotopic (exact) mass is 347 g/mol. The van der Waals surface area contributed by atoms with Gasteiger partial charge in [0, 0.05) is 24.2 Å². The van der Waals surface area contributed by atoms with Gasteiger partial charge in [-0.2, -0.15) is 0 Å². The minimum absolute atomic E-state index is 0.103. The van der Waals surface area contributed by atoms with E-state index in [9.17, 15) is 4.79 Å². The summed E-state index contributed by atoms with van der Waals surface area (Å²) in [5.41, 5.74) is 13.7. The van der Waals surface area contributed by atoms with E-state index in [1.54, 1.807) is 19.2 Å². The van der Waals surface area contributed by atoms with E-state index >= 15 is 0 Å². The Hall–Kier alpha value is -3.03. The highest BCUT2D eigenvalue weighted by Crippen LogP contribution is 2.20. The fourth-order valence-electron chi connectivity index (χ4n) is 1.43. The second-order valence-corrected chi connectivity index (χ2v) is 4.12. The number of hydrogen-bond donors (Lipinski definition) is 4. The third kappa shape index (κ3) is 8.99. The molecule has 0 radical (unpaired) electrons. The summed E-state index contributed by atoms with van der Waals surface area (Å²) >= 11 is 0. The fourth-order valence-corrected chi connectivity index (χ4v) is 1.43. The first kappa shape index (κ1) is 24.2. The van der Waals surface area contributed by atoms with Gasteiger partial charge in [0.2, 0.25) is 6.41 Å². The van der Waals surface area contributed by atoms with Crippen molar-refractivity contribution in [3.05, 3.63) is 29.1 Å². The van der Waals surface area contributed by atoms with Crippen molar-refractivity contribution in [2.24, 2.45) is 21.5 Å². The van der Waals surface area contributed by atoms with Crippen molar-refractivity contribution in [2.75, 3.05) is 5.32 Å². The van der Waals surface area contributed by atoms with Gasteiger partial charge in [0.15, 0.2) is 0 Å². The molecule has 0 atom stereocenters. The van der Waals surface area contributed by atoms with E-state index < -0.39 is 0 Å². The van der Waals surface area contributed by atoms with Crippen molar-refractivity contribution in [3.8, 4) is 0 Å². The minimum atomic E-state index is 0.103. The van der Waals surface area contributed by atoms with Gasteiger partial charge in [-0.25, -0.2) is 9.98 Å². The predicted molar refractivity (Wildman–Crippen MR) is 107 cm³/mol. The molecule has 0 aromatic carbocycles. The Balaban J connectivity index is 0. The first-order chi connectivity index (χ1) is 12.0. The van der Waals surface area contributed by atoms with E-state index in [2.05, 4.69) is 20.3 Å². The number of nitrogens with one attached hydrogen (secondary N) is 2. The summed E-state index contributed by atoms with van der Waals surface area (Å²) in [5.74, 6) is 0.491. The predicted octanol–water partition coefficient (Wildman–Crippen LogP) is 2.91. The van der Waals surface area contributed by atoms with Gasteiger partial charge in [-0.15, -0.1) is 0 Å². The number of aryl methyl sites for hydroxylation is 1. The maximum absolute atomic E-state index is 10.4. The largest absolute Gasteiger partial charge is 0.402 e. The molecule has 0 fully saturated rings. The smallest absolute Gasteiger partial charge is 0.212 e. The maximum Gasteiger partial charge on any atom is 0.212 e. The maximum atomic E-state index is 10.4. The summed E-state index contributed by atoms with van der Waals surface area (Å²) in [6.07, 6.45) is 4.42.